The molecule has 4 nitrogen and oxygen atoms in total. The Labute approximate surface area is 114 Å². The molecule has 0 amide bonds. The highest BCUT2D eigenvalue weighted by Gasteiger charge is 2.17. The molecule has 0 bridgehead atoms. The van der Waals surface area contributed by atoms with E-state index in [4.69, 9.17) is 9.84 Å². The van der Waals surface area contributed by atoms with Gasteiger partial charge in [-0.1, -0.05) is 30.3 Å². The predicted molar refractivity (Wildman–Crippen MR) is 72.9 cm³/mol. The summed E-state index contributed by atoms with van der Waals surface area (Å²) in [5, 5.41) is 19.0. The van der Waals surface area contributed by atoms with Gasteiger partial charge in [0.25, 0.3) is 0 Å². The molecule has 0 aliphatic rings. The molecule has 2 rings (SSSR count). The largest absolute Gasteiger partial charge is 0.489 e. The number of benzene rings is 1. The smallest absolute Gasteiger partial charge is 0.349 e. The zero-order chi connectivity index (χ0) is 13.8. The average Bonchev–Trinajstić information content (AvgIpc) is 2.78. The van der Waals surface area contributed by atoms with Crippen molar-refractivity contribution in [3.05, 3.63) is 51.7 Å². The monoisotopic (exact) mass is 278 g/mol. The number of carbonyl (C=O) groups is 1. The van der Waals surface area contributed by atoms with Crippen LogP contribution in [0.3, 0.4) is 0 Å². The number of hydrogen-bond donors (Lipinski definition) is 2. The molecule has 1 unspecified atom stereocenters. The van der Waals surface area contributed by atoms with Crippen LogP contribution in [0, 0.1) is 6.92 Å². The van der Waals surface area contributed by atoms with Crippen molar-refractivity contribution in [2.45, 2.75) is 13.0 Å². The van der Waals surface area contributed by atoms with Gasteiger partial charge in [-0.15, -0.1) is 11.3 Å². The van der Waals surface area contributed by atoms with Crippen LogP contribution in [0.1, 0.15) is 26.2 Å². The maximum Gasteiger partial charge on any atom is 0.349 e. The SMILES string of the molecule is Cc1cc(OCC(O)c2ccccc2)c(C(=O)O)s1. The number of rotatable bonds is 5. The Morgan fingerprint density at radius 3 is 2.68 bits per heavy atom. The Morgan fingerprint density at radius 1 is 1.37 bits per heavy atom. The van der Waals surface area contributed by atoms with Crippen LogP contribution in [0.25, 0.3) is 0 Å². The second kappa shape index (κ2) is 5.86. The Bertz CT molecular complexity index is 562. The minimum absolute atomic E-state index is 0.0282. The van der Waals surface area contributed by atoms with E-state index in [0.29, 0.717) is 5.75 Å². The molecule has 1 aromatic carbocycles. The van der Waals surface area contributed by atoms with E-state index >= 15 is 0 Å². The molecule has 0 aliphatic carbocycles. The van der Waals surface area contributed by atoms with Crippen molar-refractivity contribution in [3.63, 3.8) is 0 Å². The number of ether oxygens (including phenoxy) is 1. The lowest BCUT2D eigenvalue weighted by Crippen LogP contribution is -2.10. The fourth-order valence-corrected chi connectivity index (χ4v) is 2.48. The third-order valence-corrected chi connectivity index (χ3v) is 3.62. The van der Waals surface area contributed by atoms with Crippen LogP contribution < -0.4 is 4.74 Å². The maximum atomic E-state index is 11.0. The minimum Gasteiger partial charge on any atom is -0.489 e. The lowest BCUT2D eigenvalue weighted by Gasteiger charge is -2.12. The number of carboxylic acid groups (broad SMARTS) is 1. The number of thiophene rings is 1. The molecule has 0 spiro atoms. The average molecular weight is 278 g/mol. The fraction of sp³-hybridized carbons (Fsp3) is 0.214. The van der Waals surface area contributed by atoms with Crippen LogP contribution in [0.2, 0.25) is 0 Å². The molecule has 5 heteroatoms. The molecule has 0 aliphatic heterocycles. The zero-order valence-electron chi connectivity index (χ0n) is 10.4. The highest BCUT2D eigenvalue weighted by molar-refractivity contribution is 7.14. The summed E-state index contributed by atoms with van der Waals surface area (Å²) in [5.41, 5.74) is 0.742. The minimum atomic E-state index is -1.01. The van der Waals surface area contributed by atoms with Crippen molar-refractivity contribution in [3.8, 4) is 5.75 Å². The summed E-state index contributed by atoms with van der Waals surface area (Å²) in [6.07, 6.45) is -0.775. The van der Waals surface area contributed by atoms with Crippen LogP contribution >= 0.6 is 11.3 Å². The highest BCUT2D eigenvalue weighted by Crippen LogP contribution is 2.29. The Morgan fingerprint density at radius 2 is 2.05 bits per heavy atom. The summed E-state index contributed by atoms with van der Waals surface area (Å²) in [7, 11) is 0. The predicted octanol–water partition coefficient (Wildman–Crippen LogP) is 2.87. The summed E-state index contributed by atoms with van der Waals surface area (Å²) in [5.74, 6) is -0.702. The van der Waals surface area contributed by atoms with Gasteiger partial charge >= 0.3 is 5.97 Å². The second-order valence-electron chi connectivity index (χ2n) is 4.09. The molecule has 2 N–H and O–H groups in total. The molecule has 0 radical (unpaired) electrons. The van der Waals surface area contributed by atoms with Gasteiger partial charge in [0.1, 0.15) is 18.5 Å². The van der Waals surface area contributed by atoms with E-state index in [-0.39, 0.29) is 11.5 Å². The first-order valence-corrected chi connectivity index (χ1v) is 6.59. The van der Waals surface area contributed by atoms with Crippen LogP contribution in [-0.2, 0) is 0 Å². The lowest BCUT2D eigenvalue weighted by atomic mass is 10.1. The Balaban J connectivity index is 2.05. The zero-order valence-corrected chi connectivity index (χ0v) is 11.2. The molecule has 0 saturated carbocycles. The van der Waals surface area contributed by atoms with E-state index in [9.17, 15) is 9.90 Å². The first-order chi connectivity index (χ1) is 9.08. The van der Waals surface area contributed by atoms with E-state index in [0.717, 1.165) is 21.8 Å². The normalized spacial score (nSPS) is 12.1. The van der Waals surface area contributed by atoms with Crippen molar-refractivity contribution >= 4 is 17.3 Å². The number of aliphatic hydroxyl groups excluding tert-OH is 1. The molecule has 1 heterocycles. The van der Waals surface area contributed by atoms with Crippen molar-refractivity contribution in [2.75, 3.05) is 6.61 Å². The first-order valence-electron chi connectivity index (χ1n) is 5.77. The van der Waals surface area contributed by atoms with E-state index in [2.05, 4.69) is 0 Å². The third kappa shape index (κ3) is 3.33. The Kier molecular flexibility index (Phi) is 4.19. The van der Waals surface area contributed by atoms with Gasteiger partial charge in [-0.05, 0) is 18.6 Å². The number of aromatic carboxylic acids is 1. The topological polar surface area (TPSA) is 66.8 Å². The Hall–Kier alpha value is -1.85. The lowest BCUT2D eigenvalue weighted by molar-refractivity contribution is 0.0689. The second-order valence-corrected chi connectivity index (χ2v) is 5.35. The van der Waals surface area contributed by atoms with Crippen molar-refractivity contribution in [2.24, 2.45) is 0 Å². The molecular weight excluding hydrogens is 264 g/mol. The van der Waals surface area contributed by atoms with E-state index in [1.54, 1.807) is 18.2 Å². The van der Waals surface area contributed by atoms with E-state index in [1.807, 2.05) is 25.1 Å². The van der Waals surface area contributed by atoms with Crippen LogP contribution in [0.5, 0.6) is 5.75 Å². The molecule has 2 aromatic rings. The maximum absolute atomic E-state index is 11.0. The molecule has 0 saturated heterocycles. The molecular formula is C14H14O4S. The fourth-order valence-electron chi connectivity index (χ4n) is 1.69. The van der Waals surface area contributed by atoms with Crippen molar-refractivity contribution in [1.82, 2.24) is 0 Å². The van der Waals surface area contributed by atoms with Gasteiger partial charge in [-0.25, -0.2) is 4.79 Å². The first kappa shape index (κ1) is 13.6. The van der Waals surface area contributed by atoms with Crippen molar-refractivity contribution < 1.29 is 19.7 Å². The standard InChI is InChI=1S/C14H14O4S/c1-9-7-12(13(19-9)14(16)17)18-8-11(15)10-5-3-2-4-6-10/h2-7,11,15H,8H2,1H3,(H,16,17). The van der Waals surface area contributed by atoms with Gasteiger partial charge in [0, 0.05) is 4.88 Å². The van der Waals surface area contributed by atoms with E-state index < -0.39 is 12.1 Å². The van der Waals surface area contributed by atoms with Crippen LogP contribution in [-0.4, -0.2) is 22.8 Å². The van der Waals surface area contributed by atoms with Gasteiger partial charge in [-0.3, -0.25) is 0 Å². The summed E-state index contributed by atoms with van der Waals surface area (Å²) in [6.45, 7) is 1.85. The summed E-state index contributed by atoms with van der Waals surface area (Å²) in [4.78, 5) is 12.0. The van der Waals surface area contributed by atoms with Gasteiger partial charge in [0.05, 0.1) is 0 Å². The molecule has 1 aromatic heterocycles. The van der Waals surface area contributed by atoms with Gasteiger partial charge in [0.15, 0.2) is 4.88 Å². The van der Waals surface area contributed by atoms with Gasteiger partial charge < -0.3 is 14.9 Å². The van der Waals surface area contributed by atoms with Crippen LogP contribution in [0.4, 0.5) is 0 Å². The molecule has 100 valence electrons. The molecule has 19 heavy (non-hydrogen) atoms. The molecule has 1 atom stereocenters. The number of hydrogen-bond acceptors (Lipinski definition) is 4. The van der Waals surface area contributed by atoms with Crippen molar-refractivity contribution in [1.29, 1.82) is 0 Å². The number of carboxylic acids is 1. The van der Waals surface area contributed by atoms with Gasteiger partial charge in [0.2, 0.25) is 0 Å². The number of aryl methyl sites for hydroxylation is 1. The number of aliphatic hydroxyl groups is 1. The van der Waals surface area contributed by atoms with E-state index in [1.165, 1.54) is 0 Å². The summed E-state index contributed by atoms with van der Waals surface area (Å²) >= 11 is 1.16. The van der Waals surface area contributed by atoms with Gasteiger partial charge in [-0.2, -0.15) is 0 Å². The summed E-state index contributed by atoms with van der Waals surface area (Å²) < 4.78 is 5.42. The summed E-state index contributed by atoms with van der Waals surface area (Å²) in [6, 6.07) is 10.8. The highest BCUT2D eigenvalue weighted by atomic mass is 32.1. The quantitative estimate of drug-likeness (QED) is 0.882. The third-order valence-electron chi connectivity index (χ3n) is 2.60. The molecule has 0 fully saturated rings. The van der Waals surface area contributed by atoms with Crippen LogP contribution in [0.15, 0.2) is 36.4 Å².